The van der Waals surface area contributed by atoms with Crippen LogP contribution < -0.4 is 10.2 Å². The molecule has 2 unspecified atom stereocenters. The minimum absolute atomic E-state index is 0.0575. The van der Waals surface area contributed by atoms with Gasteiger partial charge in [-0.15, -0.1) is 0 Å². The van der Waals surface area contributed by atoms with Gasteiger partial charge >= 0.3 is 0 Å². The van der Waals surface area contributed by atoms with Gasteiger partial charge in [-0.1, -0.05) is 6.07 Å². The van der Waals surface area contributed by atoms with Gasteiger partial charge in [0.2, 0.25) is 17.7 Å². The number of carbonyl (C=O) groups excluding carboxylic acids is 3. The third-order valence-electron chi connectivity index (χ3n) is 6.54. The molecule has 3 fully saturated rings. The molecule has 1 aromatic rings. The van der Waals surface area contributed by atoms with Crippen molar-refractivity contribution in [3.8, 4) is 0 Å². The van der Waals surface area contributed by atoms with Gasteiger partial charge in [0.05, 0.1) is 12.5 Å². The molecule has 162 valence electrons. The van der Waals surface area contributed by atoms with Gasteiger partial charge in [-0.25, -0.2) is 9.37 Å². The second kappa shape index (κ2) is 8.32. The number of amides is 3. The topological polar surface area (TPSA) is 82.6 Å². The Balaban J connectivity index is 1.32. The van der Waals surface area contributed by atoms with Crippen molar-refractivity contribution in [1.82, 2.24) is 15.2 Å². The Morgan fingerprint density at radius 1 is 1.20 bits per heavy atom. The Kier molecular flexibility index (Phi) is 5.75. The van der Waals surface area contributed by atoms with Crippen molar-refractivity contribution in [2.75, 3.05) is 31.1 Å². The normalized spacial score (nSPS) is 28.4. The molecule has 4 rings (SSSR count). The number of nitrogens with zero attached hydrogens (tertiary/aromatic N) is 3. The predicted octanol–water partition coefficient (Wildman–Crippen LogP) is 2.17. The molecular weight excluding hydrogens is 387 g/mol. The van der Waals surface area contributed by atoms with Gasteiger partial charge in [0, 0.05) is 38.2 Å². The van der Waals surface area contributed by atoms with Crippen LogP contribution in [-0.4, -0.2) is 59.5 Å². The number of alkyl halides is 1. The van der Waals surface area contributed by atoms with Crippen LogP contribution in [0.5, 0.6) is 0 Å². The average Bonchev–Trinajstić information content (AvgIpc) is 2.73. The van der Waals surface area contributed by atoms with Gasteiger partial charge in [0.25, 0.3) is 0 Å². The van der Waals surface area contributed by atoms with Crippen LogP contribution in [0.2, 0.25) is 0 Å². The summed E-state index contributed by atoms with van der Waals surface area (Å²) < 4.78 is 14.3. The van der Waals surface area contributed by atoms with Crippen LogP contribution in [0.3, 0.4) is 0 Å². The maximum Gasteiger partial charge on any atom is 0.234 e. The summed E-state index contributed by atoms with van der Waals surface area (Å²) in [5, 5.41) is 2.38. The zero-order valence-electron chi connectivity index (χ0n) is 17.4. The van der Waals surface area contributed by atoms with Crippen molar-refractivity contribution in [1.29, 1.82) is 0 Å². The quantitative estimate of drug-likeness (QED) is 0.764. The van der Waals surface area contributed by atoms with Crippen molar-refractivity contribution in [3.63, 3.8) is 0 Å². The smallest absolute Gasteiger partial charge is 0.234 e. The number of likely N-dealkylation sites (tertiary alicyclic amines) is 1. The molecule has 8 heteroatoms. The summed E-state index contributed by atoms with van der Waals surface area (Å²) in [5.41, 5.74) is -0.462. The van der Waals surface area contributed by atoms with Gasteiger partial charge in [-0.2, -0.15) is 0 Å². The summed E-state index contributed by atoms with van der Waals surface area (Å²) in [4.78, 5) is 44.5. The molecular formula is C22H29FN4O3. The lowest BCUT2D eigenvalue weighted by molar-refractivity contribution is -0.140. The van der Waals surface area contributed by atoms with E-state index in [1.165, 1.54) is 0 Å². The van der Waals surface area contributed by atoms with Crippen LogP contribution in [0.4, 0.5) is 10.2 Å². The number of imide groups is 1. The standard InChI is InChI=1S/C22H29FN4O3/c1-22(23)9-2-10-27(14-22)21(30)15-7-11-26(12-8-15)18-5-3-16(13-24-18)17-4-6-19(28)25-20(17)29/h3,5,13,15,17H,2,4,6-12,14H2,1H3,(H,25,28,29). The summed E-state index contributed by atoms with van der Waals surface area (Å²) in [6.07, 6.45) is 5.27. The van der Waals surface area contributed by atoms with Gasteiger partial charge < -0.3 is 9.80 Å². The highest BCUT2D eigenvalue weighted by Gasteiger charge is 2.36. The molecule has 0 aliphatic carbocycles. The minimum Gasteiger partial charge on any atom is -0.357 e. The van der Waals surface area contributed by atoms with E-state index in [9.17, 15) is 18.8 Å². The number of halogens is 1. The molecule has 0 spiro atoms. The highest BCUT2D eigenvalue weighted by atomic mass is 19.1. The highest BCUT2D eigenvalue weighted by Crippen LogP contribution is 2.30. The van der Waals surface area contributed by atoms with Crippen molar-refractivity contribution in [3.05, 3.63) is 23.9 Å². The number of piperidine rings is 3. The van der Waals surface area contributed by atoms with Crippen molar-refractivity contribution in [2.45, 2.75) is 57.0 Å². The van der Waals surface area contributed by atoms with Gasteiger partial charge in [0.1, 0.15) is 11.5 Å². The monoisotopic (exact) mass is 416 g/mol. The Morgan fingerprint density at radius 3 is 2.60 bits per heavy atom. The van der Waals surface area contributed by atoms with E-state index in [2.05, 4.69) is 15.2 Å². The van der Waals surface area contributed by atoms with E-state index in [4.69, 9.17) is 0 Å². The molecule has 7 nitrogen and oxygen atoms in total. The zero-order chi connectivity index (χ0) is 21.3. The summed E-state index contributed by atoms with van der Waals surface area (Å²) >= 11 is 0. The summed E-state index contributed by atoms with van der Waals surface area (Å²) in [5.74, 6) is 0.0306. The number of hydrogen-bond acceptors (Lipinski definition) is 5. The first-order valence-electron chi connectivity index (χ1n) is 10.8. The maximum atomic E-state index is 14.3. The van der Waals surface area contributed by atoms with Gasteiger partial charge in [-0.05, 0) is 50.7 Å². The molecule has 3 amide bonds. The van der Waals surface area contributed by atoms with Crippen LogP contribution >= 0.6 is 0 Å². The molecule has 4 heterocycles. The van der Waals surface area contributed by atoms with Gasteiger partial charge in [0.15, 0.2) is 0 Å². The Morgan fingerprint density at radius 2 is 1.97 bits per heavy atom. The van der Waals surface area contributed by atoms with E-state index < -0.39 is 5.67 Å². The fourth-order valence-electron chi connectivity index (χ4n) is 4.80. The lowest BCUT2D eigenvalue weighted by Crippen LogP contribution is -2.50. The molecule has 30 heavy (non-hydrogen) atoms. The third-order valence-corrected chi connectivity index (χ3v) is 6.54. The zero-order valence-corrected chi connectivity index (χ0v) is 17.4. The van der Waals surface area contributed by atoms with E-state index in [0.29, 0.717) is 25.8 Å². The number of rotatable bonds is 3. The molecule has 0 saturated carbocycles. The van der Waals surface area contributed by atoms with E-state index in [0.717, 1.165) is 43.7 Å². The number of hydrogen-bond donors (Lipinski definition) is 1. The second-order valence-electron chi connectivity index (χ2n) is 8.99. The lowest BCUT2D eigenvalue weighted by atomic mass is 9.91. The SMILES string of the molecule is CC1(F)CCCN(C(=O)C2CCN(c3ccc(C4CCC(=O)NC4=O)cn3)CC2)C1. The highest BCUT2D eigenvalue weighted by molar-refractivity contribution is 6.00. The summed E-state index contributed by atoms with van der Waals surface area (Å²) in [6, 6.07) is 3.80. The van der Waals surface area contributed by atoms with Gasteiger partial charge in [-0.3, -0.25) is 19.7 Å². The van der Waals surface area contributed by atoms with Crippen LogP contribution in [0, 0.1) is 5.92 Å². The van der Waals surface area contributed by atoms with E-state index in [-0.39, 0.29) is 36.1 Å². The molecule has 2 atom stereocenters. The molecule has 1 N–H and O–H groups in total. The van der Waals surface area contributed by atoms with Crippen LogP contribution in [0.1, 0.15) is 56.9 Å². The van der Waals surface area contributed by atoms with Crippen LogP contribution in [0.15, 0.2) is 18.3 Å². The molecule has 0 radical (unpaired) electrons. The maximum absolute atomic E-state index is 14.3. The first-order valence-corrected chi connectivity index (χ1v) is 10.8. The second-order valence-corrected chi connectivity index (χ2v) is 8.99. The first-order chi connectivity index (χ1) is 14.3. The Bertz CT molecular complexity index is 818. The third kappa shape index (κ3) is 4.47. The number of pyridine rings is 1. The average molecular weight is 416 g/mol. The summed E-state index contributed by atoms with van der Waals surface area (Å²) in [7, 11) is 0. The van der Waals surface area contributed by atoms with E-state index >= 15 is 0 Å². The number of nitrogens with one attached hydrogen (secondary N) is 1. The number of carbonyl (C=O) groups is 3. The lowest BCUT2D eigenvalue weighted by Gasteiger charge is -2.39. The predicted molar refractivity (Wildman–Crippen MR) is 110 cm³/mol. The van der Waals surface area contributed by atoms with E-state index in [1.807, 2.05) is 12.1 Å². The minimum atomic E-state index is -1.27. The first kappa shape index (κ1) is 20.8. The largest absolute Gasteiger partial charge is 0.357 e. The number of anilines is 1. The van der Waals surface area contributed by atoms with Crippen LogP contribution in [0.25, 0.3) is 0 Å². The van der Waals surface area contributed by atoms with E-state index in [1.54, 1.807) is 18.0 Å². The molecule has 3 aliphatic rings. The fraction of sp³-hybridized carbons (Fsp3) is 0.636. The van der Waals surface area contributed by atoms with Crippen molar-refractivity contribution in [2.24, 2.45) is 5.92 Å². The molecule has 0 aromatic carbocycles. The van der Waals surface area contributed by atoms with Crippen molar-refractivity contribution < 1.29 is 18.8 Å². The Hall–Kier alpha value is -2.51. The van der Waals surface area contributed by atoms with Crippen LogP contribution in [-0.2, 0) is 14.4 Å². The fourth-order valence-corrected chi connectivity index (χ4v) is 4.80. The molecule has 1 aromatic heterocycles. The molecule has 3 aliphatic heterocycles. The van der Waals surface area contributed by atoms with Crippen molar-refractivity contribution >= 4 is 23.5 Å². The Labute approximate surface area is 176 Å². The molecule has 3 saturated heterocycles. The number of aromatic nitrogens is 1. The molecule has 0 bridgehead atoms. The summed E-state index contributed by atoms with van der Waals surface area (Å²) in [6.45, 7) is 3.89.